The van der Waals surface area contributed by atoms with E-state index in [1.165, 1.54) is 26.4 Å². The van der Waals surface area contributed by atoms with Crippen molar-refractivity contribution < 1.29 is 117 Å². The molecule has 0 unspecified atom stereocenters. The Labute approximate surface area is 451 Å². The molecule has 4 heterocycles. The van der Waals surface area contributed by atoms with Crippen LogP contribution in [0.2, 0.25) is 0 Å². The number of aliphatic hydroxyl groups excluding tert-OH is 2. The molecule has 0 fully saturated rings. The van der Waals surface area contributed by atoms with E-state index < -0.39 is 44.3 Å². The fourth-order valence-electron chi connectivity index (χ4n) is 4.48. The smallest absolute Gasteiger partial charge is 0.870 e. The molecular weight excluding hydrogens is 1020 g/mol. The first-order chi connectivity index (χ1) is 34.1. The Bertz CT molecular complexity index is 1930. The molecule has 0 radical (unpaired) electrons. The number of nitrogens with one attached hydrogen (secondary N) is 2. The van der Waals surface area contributed by atoms with E-state index >= 15 is 0 Å². The van der Waals surface area contributed by atoms with Crippen LogP contribution in [0.15, 0.2) is 24.8 Å². The molecule has 25 nitrogen and oxygen atoms in total. The van der Waals surface area contributed by atoms with Gasteiger partial charge >= 0.3 is 65.8 Å². The Kier molecular flexibility index (Phi) is 53.8. The zero-order chi connectivity index (χ0) is 55.4. The van der Waals surface area contributed by atoms with Crippen molar-refractivity contribution in [1.82, 2.24) is 70.6 Å². The maximum absolute atomic E-state index is 11.9. The number of aliphatic hydroxyl groups is 2. The zero-order valence-corrected chi connectivity index (χ0v) is 43.4. The van der Waals surface area contributed by atoms with Gasteiger partial charge in [0.2, 0.25) is 0 Å². The monoisotopic (exact) mass is 1100 g/mol. The van der Waals surface area contributed by atoms with Crippen LogP contribution in [0.25, 0.3) is 0 Å². The Morgan fingerprint density at radius 2 is 0.905 bits per heavy atom. The van der Waals surface area contributed by atoms with Crippen molar-refractivity contribution in [1.29, 1.82) is 0 Å². The molecule has 0 bridgehead atoms. The Balaban J connectivity index is -0.000000158. The number of rotatable bonds is 23. The second kappa shape index (κ2) is 51.2. The van der Waals surface area contributed by atoms with Gasteiger partial charge in [-0.25, -0.2) is 18.7 Å². The van der Waals surface area contributed by atoms with E-state index in [0.717, 1.165) is 23.9 Å². The molecule has 0 saturated carbocycles. The van der Waals surface area contributed by atoms with Crippen molar-refractivity contribution in [2.45, 2.75) is 147 Å². The molecule has 0 aliphatic rings. The standard InChI is InChI=1S/C11H17F3N4O2.C9H13F3N4O2.C8H13N3O2.C7H11N3O3.C2H6.CH3F.CH4O.2CH4.Na.H2O/c1-2-20-10(19)8-18-7-9(16-17-18)6-15-5-3-4-11(12,13)14;10-9(11,12)2-1-3-13-4-7-5-16(15-14-7)6-8(17)18;1-3-7-5-11(10-9-7)6-8(12)13-4-2;1-2-13-7(12)4-10-3-6(5-11)8-9-10;3*1-2;;;;/h7,15H,2-6,8H2,1H3;5,13H,1-4,6H2,(H,17,18);5H,3-4,6H2,1-2H3;3,11H,2,4-5H2,1H3;1-2H3;1H3;2H,1H3;2*1H4;;1H2/q;;;;;;;;;+1;/p-1/i;;;;2*1D;;;;;. The van der Waals surface area contributed by atoms with Crippen molar-refractivity contribution in [3.63, 3.8) is 0 Å². The van der Waals surface area contributed by atoms with Crippen molar-refractivity contribution in [3.8, 4) is 0 Å². The number of carbonyl (C=O) groups excluding carboxylic acids is 3. The molecule has 0 aliphatic heterocycles. The van der Waals surface area contributed by atoms with Crippen LogP contribution in [0.4, 0.5) is 30.7 Å². The minimum absolute atomic E-state index is 0. The van der Waals surface area contributed by atoms with Crippen LogP contribution in [-0.2, 0) is 85.7 Å². The Hall–Kier alpha value is -5.25. The second-order valence-corrected chi connectivity index (χ2v) is 12.7. The van der Waals surface area contributed by atoms with Crippen LogP contribution < -0.4 is 40.2 Å². The first-order valence-electron chi connectivity index (χ1n) is 22.5. The van der Waals surface area contributed by atoms with Crippen molar-refractivity contribution in [2.24, 2.45) is 0 Å². The van der Waals surface area contributed by atoms with Gasteiger partial charge in [0.15, 0.2) is 0 Å². The fraction of sp³-hybridized carbons (Fsp3) is 0.707. The molecule has 4 rings (SSSR count). The van der Waals surface area contributed by atoms with Gasteiger partial charge in [-0.1, -0.05) is 56.5 Å². The molecule has 426 valence electrons. The predicted octanol–water partition coefficient (Wildman–Crippen LogP) is 1.13. The van der Waals surface area contributed by atoms with Crippen LogP contribution in [0.3, 0.4) is 0 Å². The van der Waals surface area contributed by atoms with Gasteiger partial charge in [-0.2, -0.15) is 26.3 Å². The van der Waals surface area contributed by atoms with Crippen molar-refractivity contribution in [2.75, 3.05) is 47.2 Å². The number of carbonyl (C=O) groups is 4. The summed E-state index contributed by atoms with van der Waals surface area (Å²) in [5, 5.41) is 59.4. The Morgan fingerprint density at radius 3 is 1.16 bits per heavy atom. The van der Waals surface area contributed by atoms with E-state index in [0.29, 0.717) is 50.3 Å². The summed E-state index contributed by atoms with van der Waals surface area (Å²) in [5.74, 6) is -2.10. The number of ether oxygens (including phenoxy) is 3. The molecule has 4 aromatic rings. The number of esters is 3. The Morgan fingerprint density at radius 1 is 0.622 bits per heavy atom. The molecule has 6 N–H and O–H groups in total. The summed E-state index contributed by atoms with van der Waals surface area (Å²) in [4.78, 5) is 43.5. The fourth-order valence-corrected chi connectivity index (χ4v) is 4.48. The summed E-state index contributed by atoms with van der Waals surface area (Å²) in [6.07, 6.45) is -2.83. The largest absolute Gasteiger partial charge is 1.00 e. The third kappa shape index (κ3) is 47.7. The molecule has 0 aliphatic carbocycles. The van der Waals surface area contributed by atoms with Crippen LogP contribution in [0.5, 0.6) is 0 Å². The van der Waals surface area contributed by atoms with E-state index in [1.807, 2.05) is 6.92 Å². The molecule has 0 aromatic carbocycles. The van der Waals surface area contributed by atoms with Crippen LogP contribution >= 0.6 is 0 Å². The number of halogens is 7. The first-order valence-corrected chi connectivity index (χ1v) is 21.1. The number of nitrogens with zero attached hydrogens (tertiary/aromatic N) is 12. The minimum Gasteiger partial charge on any atom is -0.870 e. The first kappa shape index (κ1) is 77.6. The summed E-state index contributed by atoms with van der Waals surface area (Å²) in [6, 6.07) is 0. The average Bonchev–Trinajstić information content (AvgIpc) is 4.14. The number of aliphatic carboxylic acids is 1. The summed E-state index contributed by atoms with van der Waals surface area (Å²) in [6.45, 7) is 11.2. The minimum atomic E-state index is -4.13. The molecule has 0 saturated heterocycles. The summed E-state index contributed by atoms with van der Waals surface area (Å²) >= 11 is 0. The van der Waals surface area contributed by atoms with E-state index in [-0.39, 0.29) is 127 Å². The number of alkyl halides is 7. The van der Waals surface area contributed by atoms with Gasteiger partial charge in [-0.05, 0) is 53.1 Å². The van der Waals surface area contributed by atoms with Crippen LogP contribution in [0, 0.1) is 0 Å². The van der Waals surface area contributed by atoms with Gasteiger partial charge in [0, 0.05) is 40.6 Å². The maximum atomic E-state index is 11.9. The molecule has 0 atom stereocenters. The summed E-state index contributed by atoms with van der Waals surface area (Å²) in [5.41, 5.74) is 2.36. The van der Waals surface area contributed by atoms with Crippen molar-refractivity contribution >= 4 is 23.9 Å². The van der Waals surface area contributed by atoms with Gasteiger partial charge in [0.1, 0.15) is 31.9 Å². The molecule has 0 spiro atoms. The number of hydrogen-bond acceptors (Lipinski definition) is 20. The molecule has 74 heavy (non-hydrogen) atoms. The summed E-state index contributed by atoms with van der Waals surface area (Å²) < 4.78 is 112. The number of aryl methyl sites for hydroxylation is 1. The topological polar surface area (TPSA) is 334 Å². The van der Waals surface area contributed by atoms with E-state index in [4.69, 9.17) is 32.3 Å². The van der Waals surface area contributed by atoms with Crippen molar-refractivity contribution in [3.05, 3.63) is 47.6 Å². The van der Waals surface area contributed by atoms with Gasteiger partial charge < -0.3 is 45.6 Å². The quantitative estimate of drug-likeness (QED) is 0.0228. The van der Waals surface area contributed by atoms with Gasteiger partial charge in [0.25, 0.3) is 0 Å². The zero-order valence-electron chi connectivity index (χ0n) is 43.4. The van der Waals surface area contributed by atoms with Gasteiger partial charge in [-0.15, -0.1) is 20.4 Å². The van der Waals surface area contributed by atoms with E-state index in [9.17, 15) is 49.9 Å². The SMILES string of the molecule is C.C.CCOC(=O)Cn1cc(CC)nn1.CCOC(=O)Cn1cc(CNCCCC(F)(F)F)nn1.CCOC(=O)Cn1cc(CO)nn1.CO.O=C(O)Cn1cc(CNCCCC(F)(F)F)nn1.[2H]CC.[2H]CF.[Na+].[OH-]. The normalized spacial score (nSPS) is 10.1. The molecular formula is C41H76F7N14NaO11. The number of carboxylic acids is 1. The van der Waals surface area contributed by atoms with E-state index in [2.05, 4.69) is 51.9 Å². The summed E-state index contributed by atoms with van der Waals surface area (Å²) in [7, 11) is 0. The average molecular weight is 1100 g/mol. The van der Waals surface area contributed by atoms with Gasteiger partial charge in [0.05, 0.1) is 70.6 Å². The molecule has 0 amide bonds. The third-order valence-electron chi connectivity index (χ3n) is 7.19. The predicted molar refractivity (Wildman–Crippen MR) is 249 cm³/mol. The third-order valence-corrected chi connectivity index (χ3v) is 7.19. The number of carboxylic acid groups (broad SMARTS) is 1. The molecule has 33 heteroatoms. The van der Waals surface area contributed by atoms with Gasteiger partial charge in [-0.3, -0.25) is 23.6 Å². The van der Waals surface area contributed by atoms with E-state index in [1.54, 1.807) is 40.1 Å². The maximum Gasteiger partial charge on any atom is 1.00 e. The molecule has 4 aromatic heterocycles. The van der Waals surface area contributed by atoms with Crippen LogP contribution in [0.1, 0.15) is 108 Å². The second-order valence-electron chi connectivity index (χ2n) is 12.7. The van der Waals surface area contributed by atoms with Crippen LogP contribution in [-0.4, -0.2) is 164 Å². The number of aromatic nitrogens is 12. The number of hydrogen-bond donors (Lipinski definition) is 5.